The average molecular weight is 206 g/mol. The Morgan fingerprint density at radius 3 is 2.29 bits per heavy atom. The zero-order chi connectivity index (χ0) is 10.5. The molecular formula is C9H13F3N2. The van der Waals surface area contributed by atoms with Gasteiger partial charge in [0.05, 0.1) is 6.04 Å². The first-order valence-corrected chi connectivity index (χ1v) is 4.80. The molecular weight excluding hydrogens is 193 g/mol. The summed E-state index contributed by atoms with van der Waals surface area (Å²) in [5.41, 5.74) is -0.614. The molecule has 80 valence electrons. The summed E-state index contributed by atoms with van der Waals surface area (Å²) in [7, 11) is 1.64. The van der Waals surface area contributed by atoms with Crippen molar-refractivity contribution in [3.63, 3.8) is 0 Å². The van der Waals surface area contributed by atoms with E-state index in [1.165, 1.54) is 5.01 Å². The Hall–Kier alpha value is -0.740. The highest BCUT2D eigenvalue weighted by atomic mass is 19.4. The van der Waals surface area contributed by atoms with Crippen molar-refractivity contribution < 1.29 is 13.2 Å². The molecule has 1 saturated carbocycles. The number of hydrogen-bond acceptors (Lipinski definition) is 2. The van der Waals surface area contributed by atoms with Crippen LogP contribution in [0.4, 0.5) is 13.2 Å². The van der Waals surface area contributed by atoms with Crippen molar-refractivity contribution in [3.8, 4) is 0 Å². The smallest absolute Gasteiger partial charge is 0.296 e. The molecule has 0 saturated heterocycles. The Morgan fingerprint density at radius 2 is 1.93 bits per heavy atom. The van der Waals surface area contributed by atoms with Gasteiger partial charge in [0, 0.05) is 13.0 Å². The molecule has 2 aliphatic rings. The minimum atomic E-state index is -4.27. The van der Waals surface area contributed by atoms with Crippen LogP contribution >= 0.6 is 0 Å². The minimum absolute atomic E-state index is 0.0355. The van der Waals surface area contributed by atoms with Gasteiger partial charge in [0.25, 0.3) is 0 Å². The van der Waals surface area contributed by atoms with Gasteiger partial charge in [0.2, 0.25) is 0 Å². The second kappa shape index (κ2) is 2.87. The average Bonchev–Trinajstić information content (AvgIpc) is 2.78. The molecule has 0 aromatic heterocycles. The fourth-order valence-corrected chi connectivity index (χ4v) is 2.28. The van der Waals surface area contributed by atoms with Gasteiger partial charge < -0.3 is 0 Å². The van der Waals surface area contributed by atoms with E-state index in [0.29, 0.717) is 5.92 Å². The summed E-state index contributed by atoms with van der Waals surface area (Å²) in [6.45, 7) is 1.62. The van der Waals surface area contributed by atoms with Crippen LogP contribution in [0.1, 0.15) is 19.8 Å². The lowest BCUT2D eigenvalue weighted by Crippen LogP contribution is -2.35. The van der Waals surface area contributed by atoms with Crippen molar-refractivity contribution in [2.75, 3.05) is 7.05 Å². The van der Waals surface area contributed by atoms with Crippen LogP contribution in [-0.2, 0) is 0 Å². The molecule has 1 heterocycles. The highest BCUT2D eigenvalue weighted by molar-refractivity contribution is 5.93. The molecule has 0 bridgehead atoms. The summed E-state index contributed by atoms with van der Waals surface area (Å²) in [5, 5.41) is 5.10. The lowest BCUT2D eigenvalue weighted by Gasteiger charge is -2.22. The highest BCUT2D eigenvalue weighted by Gasteiger charge is 2.51. The molecule has 2 rings (SSSR count). The van der Waals surface area contributed by atoms with Crippen LogP contribution in [0, 0.1) is 11.8 Å². The third kappa shape index (κ3) is 1.48. The molecule has 1 aliphatic carbocycles. The van der Waals surface area contributed by atoms with Gasteiger partial charge in [-0.1, -0.05) is 6.92 Å². The maximum absolute atomic E-state index is 12.5. The predicted molar refractivity (Wildman–Crippen MR) is 46.9 cm³/mol. The Balaban J connectivity index is 2.17. The summed E-state index contributed by atoms with van der Waals surface area (Å²) in [4.78, 5) is 0. The molecule has 1 aliphatic heterocycles. The molecule has 0 spiro atoms. The Labute approximate surface area is 80.8 Å². The van der Waals surface area contributed by atoms with Gasteiger partial charge in [0.1, 0.15) is 5.71 Å². The van der Waals surface area contributed by atoms with Crippen LogP contribution in [0.2, 0.25) is 0 Å². The van der Waals surface area contributed by atoms with E-state index in [1.807, 2.05) is 0 Å². The lowest BCUT2D eigenvalue weighted by molar-refractivity contribution is -0.0620. The van der Waals surface area contributed by atoms with Crippen LogP contribution in [0.25, 0.3) is 0 Å². The number of nitrogens with zero attached hydrogens (tertiary/aromatic N) is 2. The summed E-state index contributed by atoms with van der Waals surface area (Å²) < 4.78 is 37.5. The van der Waals surface area contributed by atoms with E-state index in [4.69, 9.17) is 0 Å². The normalized spacial score (nSPS) is 33.5. The predicted octanol–water partition coefficient (Wildman–Crippen LogP) is 2.26. The fraction of sp³-hybridized carbons (Fsp3) is 0.889. The number of rotatable bonds is 1. The molecule has 0 radical (unpaired) electrons. The van der Waals surface area contributed by atoms with Gasteiger partial charge in [-0.15, -0.1) is 0 Å². The molecule has 0 N–H and O–H groups in total. The van der Waals surface area contributed by atoms with Crippen LogP contribution < -0.4 is 0 Å². The van der Waals surface area contributed by atoms with Crippen molar-refractivity contribution >= 4 is 5.71 Å². The maximum atomic E-state index is 12.5. The first-order valence-electron chi connectivity index (χ1n) is 4.80. The summed E-state index contributed by atoms with van der Waals surface area (Å²) in [6, 6.07) is -0.0355. The van der Waals surface area contributed by atoms with Gasteiger partial charge >= 0.3 is 6.18 Å². The van der Waals surface area contributed by atoms with Gasteiger partial charge in [0.15, 0.2) is 0 Å². The van der Waals surface area contributed by atoms with E-state index in [9.17, 15) is 13.2 Å². The number of alkyl halides is 3. The topological polar surface area (TPSA) is 15.6 Å². The van der Waals surface area contributed by atoms with Gasteiger partial charge in [-0.05, 0) is 18.8 Å². The Bertz CT molecular complexity index is 268. The van der Waals surface area contributed by atoms with Gasteiger partial charge in [-0.2, -0.15) is 18.3 Å². The lowest BCUT2D eigenvalue weighted by atomic mass is 9.94. The molecule has 0 aromatic carbocycles. The standard InChI is InChI=1S/C9H13F3N2/c1-5-7(6-3-4-6)14(2)13-8(5)9(10,11)12/h5-7H,3-4H2,1-2H3. The number of hydrazone groups is 1. The summed E-state index contributed by atoms with van der Waals surface area (Å²) >= 11 is 0. The maximum Gasteiger partial charge on any atom is 0.431 e. The van der Waals surface area contributed by atoms with E-state index < -0.39 is 17.8 Å². The molecule has 2 unspecified atom stereocenters. The molecule has 2 atom stereocenters. The van der Waals surface area contributed by atoms with Crippen LogP contribution in [-0.4, -0.2) is 30.0 Å². The van der Waals surface area contributed by atoms with Crippen molar-refractivity contribution in [2.24, 2.45) is 16.9 Å². The van der Waals surface area contributed by atoms with Gasteiger partial charge in [-0.3, -0.25) is 5.01 Å². The summed E-state index contributed by atoms with van der Waals surface area (Å²) in [5.74, 6) is -0.0638. The van der Waals surface area contributed by atoms with E-state index in [0.717, 1.165) is 12.8 Å². The minimum Gasteiger partial charge on any atom is -0.296 e. The molecule has 14 heavy (non-hydrogen) atoms. The van der Waals surface area contributed by atoms with Crippen molar-refractivity contribution in [2.45, 2.75) is 32.0 Å². The fourth-order valence-electron chi connectivity index (χ4n) is 2.28. The molecule has 5 heteroatoms. The second-order valence-electron chi connectivity index (χ2n) is 4.17. The summed E-state index contributed by atoms with van der Waals surface area (Å²) in [6.07, 6.45) is -2.18. The zero-order valence-electron chi connectivity index (χ0n) is 8.17. The molecule has 2 nitrogen and oxygen atoms in total. The molecule has 0 amide bonds. The van der Waals surface area contributed by atoms with Crippen LogP contribution in [0.5, 0.6) is 0 Å². The van der Waals surface area contributed by atoms with E-state index in [-0.39, 0.29) is 6.04 Å². The van der Waals surface area contributed by atoms with Crippen molar-refractivity contribution in [1.82, 2.24) is 5.01 Å². The SMILES string of the molecule is CC1C(C(F)(F)F)=NN(C)C1C1CC1. The second-order valence-corrected chi connectivity index (χ2v) is 4.17. The van der Waals surface area contributed by atoms with Crippen LogP contribution in [0.15, 0.2) is 5.10 Å². The molecule has 0 aromatic rings. The van der Waals surface area contributed by atoms with E-state index >= 15 is 0 Å². The quantitative estimate of drug-likeness (QED) is 0.642. The highest BCUT2D eigenvalue weighted by Crippen LogP contribution is 2.43. The number of hydrogen-bond donors (Lipinski definition) is 0. The zero-order valence-corrected chi connectivity index (χ0v) is 8.17. The number of halogens is 3. The van der Waals surface area contributed by atoms with Crippen molar-refractivity contribution in [3.05, 3.63) is 0 Å². The third-order valence-corrected chi connectivity index (χ3v) is 3.04. The van der Waals surface area contributed by atoms with E-state index in [1.54, 1.807) is 14.0 Å². The molecule has 1 fully saturated rings. The van der Waals surface area contributed by atoms with E-state index in [2.05, 4.69) is 5.10 Å². The first-order chi connectivity index (χ1) is 6.41. The Morgan fingerprint density at radius 1 is 1.36 bits per heavy atom. The Kier molecular flexibility index (Phi) is 2.01. The van der Waals surface area contributed by atoms with Crippen molar-refractivity contribution in [1.29, 1.82) is 0 Å². The van der Waals surface area contributed by atoms with Crippen LogP contribution in [0.3, 0.4) is 0 Å². The first kappa shape index (κ1) is 9.80. The third-order valence-electron chi connectivity index (χ3n) is 3.04. The largest absolute Gasteiger partial charge is 0.431 e. The van der Waals surface area contributed by atoms with Gasteiger partial charge in [-0.25, -0.2) is 0 Å². The monoisotopic (exact) mass is 206 g/mol.